The maximum atomic E-state index is 11.8. The van der Waals surface area contributed by atoms with E-state index in [1.54, 1.807) is 30.3 Å². The lowest BCUT2D eigenvalue weighted by Gasteiger charge is -2.07. The average molecular weight is 336 g/mol. The molecule has 2 aromatic rings. The molecule has 1 heterocycles. The van der Waals surface area contributed by atoms with E-state index in [2.05, 4.69) is 10.3 Å². The topological polar surface area (TPSA) is 104 Å². The third-order valence-corrected chi connectivity index (χ3v) is 3.03. The number of hydrogen-bond acceptors (Lipinski definition) is 5. The number of benzene rings is 1. The predicted molar refractivity (Wildman–Crippen MR) is 85.8 cm³/mol. The summed E-state index contributed by atoms with van der Waals surface area (Å²) >= 11 is 5.77. The lowest BCUT2D eigenvalue weighted by molar-refractivity contribution is -0.111. The number of aromatic nitrogens is 2. The van der Waals surface area contributed by atoms with Crippen LogP contribution in [0.5, 0.6) is 0 Å². The van der Waals surface area contributed by atoms with Crippen molar-refractivity contribution in [3.05, 3.63) is 63.7 Å². The number of aliphatic hydroxyl groups excluding tert-OH is 1. The fourth-order valence-corrected chi connectivity index (χ4v) is 1.85. The van der Waals surface area contributed by atoms with E-state index in [0.29, 0.717) is 5.02 Å². The van der Waals surface area contributed by atoms with Gasteiger partial charge in [-0.05, 0) is 29.8 Å². The lowest BCUT2D eigenvalue weighted by Crippen LogP contribution is -2.28. The van der Waals surface area contributed by atoms with Crippen LogP contribution in [0.3, 0.4) is 0 Å². The Morgan fingerprint density at radius 1 is 1.30 bits per heavy atom. The van der Waals surface area contributed by atoms with Gasteiger partial charge in [-0.1, -0.05) is 23.7 Å². The Morgan fingerprint density at radius 2 is 2.00 bits per heavy atom. The summed E-state index contributed by atoms with van der Waals surface area (Å²) in [6.07, 6.45) is 2.55. The molecule has 0 unspecified atom stereocenters. The van der Waals surface area contributed by atoms with Gasteiger partial charge in [0.15, 0.2) is 6.29 Å². The van der Waals surface area contributed by atoms with Crippen molar-refractivity contribution in [3.8, 4) is 0 Å². The summed E-state index contributed by atoms with van der Waals surface area (Å²) in [6, 6.07) is 8.31. The van der Waals surface area contributed by atoms with E-state index in [-0.39, 0.29) is 12.4 Å². The van der Waals surface area contributed by atoms with E-state index in [0.717, 1.165) is 10.1 Å². The SMILES string of the molecule is O=C(/C=C/c1ccc(Cl)cc1)Nc1ccn(CC(O)O)c(=O)n1. The van der Waals surface area contributed by atoms with Gasteiger partial charge in [0, 0.05) is 17.3 Å². The summed E-state index contributed by atoms with van der Waals surface area (Å²) in [6.45, 7) is -0.295. The van der Waals surface area contributed by atoms with Crippen LogP contribution >= 0.6 is 11.6 Å². The summed E-state index contributed by atoms with van der Waals surface area (Å²) in [5.74, 6) is -0.378. The van der Waals surface area contributed by atoms with Gasteiger partial charge in [0.25, 0.3) is 0 Å². The number of anilines is 1. The molecule has 0 aliphatic carbocycles. The number of nitrogens with zero attached hydrogens (tertiary/aromatic N) is 2. The van der Waals surface area contributed by atoms with Crippen LogP contribution in [0.25, 0.3) is 6.08 Å². The third kappa shape index (κ3) is 5.33. The minimum atomic E-state index is -1.66. The van der Waals surface area contributed by atoms with Crippen LogP contribution in [0.2, 0.25) is 5.02 Å². The second-order valence-electron chi connectivity index (χ2n) is 4.60. The maximum Gasteiger partial charge on any atom is 0.349 e. The monoisotopic (exact) mass is 335 g/mol. The highest BCUT2D eigenvalue weighted by atomic mass is 35.5. The van der Waals surface area contributed by atoms with Gasteiger partial charge in [0.1, 0.15) is 5.82 Å². The molecule has 3 N–H and O–H groups in total. The van der Waals surface area contributed by atoms with E-state index < -0.39 is 17.9 Å². The van der Waals surface area contributed by atoms with Crippen molar-refractivity contribution in [2.75, 3.05) is 5.32 Å². The molecule has 0 saturated heterocycles. The summed E-state index contributed by atoms with van der Waals surface area (Å²) in [7, 11) is 0. The molecule has 1 aromatic heterocycles. The summed E-state index contributed by atoms with van der Waals surface area (Å²) in [4.78, 5) is 27.0. The quantitative estimate of drug-likeness (QED) is 0.555. The number of aliphatic hydroxyl groups is 2. The van der Waals surface area contributed by atoms with Gasteiger partial charge in [-0.25, -0.2) is 4.79 Å². The second-order valence-corrected chi connectivity index (χ2v) is 5.04. The molecule has 0 radical (unpaired) electrons. The van der Waals surface area contributed by atoms with Gasteiger partial charge < -0.3 is 15.5 Å². The number of carbonyl (C=O) groups is 1. The molecule has 23 heavy (non-hydrogen) atoms. The number of rotatable bonds is 5. The normalized spacial score (nSPS) is 11.1. The van der Waals surface area contributed by atoms with E-state index in [4.69, 9.17) is 21.8 Å². The second kappa shape index (κ2) is 7.68. The van der Waals surface area contributed by atoms with Crippen molar-refractivity contribution in [1.82, 2.24) is 9.55 Å². The van der Waals surface area contributed by atoms with Gasteiger partial charge in [0.2, 0.25) is 5.91 Å². The average Bonchev–Trinajstić information content (AvgIpc) is 2.49. The first-order valence-corrected chi connectivity index (χ1v) is 7.00. The molecule has 0 aliphatic rings. The van der Waals surface area contributed by atoms with Crippen LogP contribution in [-0.2, 0) is 11.3 Å². The Hall–Kier alpha value is -2.48. The molecule has 1 aromatic carbocycles. The van der Waals surface area contributed by atoms with Crippen molar-refractivity contribution in [2.45, 2.75) is 12.8 Å². The maximum absolute atomic E-state index is 11.8. The highest BCUT2D eigenvalue weighted by Crippen LogP contribution is 2.10. The predicted octanol–water partition coefficient (Wildman–Crippen LogP) is 0.859. The molecule has 0 spiro atoms. The molecule has 1 amide bonds. The number of nitrogens with one attached hydrogen (secondary N) is 1. The van der Waals surface area contributed by atoms with Gasteiger partial charge >= 0.3 is 5.69 Å². The molecular formula is C15H14ClN3O4. The van der Waals surface area contributed by atoms with Crippen LogP contribution in [0.15, 0.2) is 47.4 Å². The molecule has 120 valence electrons. The largest absolute Gasteiger partial charge is 0.367 e. The van der Waals surface area contributed by atoms with Crippen molar-refractivity contribution in [3.63, 3.8) is 0 Å². The summed E-state index contributed by atoms with van der Waals surface area (Å²) < 4.78 is 1.02. The van der Waals surface area contributed by atoms with E-state index in [9.17, 15) is 9.59 Å². The minimum Gasteiger partial charge on any atom is -0.367 e. The van der Waals surface area contributed by atoms with Crippen LogP contribution in [0.4, 0.5) is 5.82 Å². The molecule has 2 rings (SSSR count). The third-order valence-electron chi connectivity index (χ3n) is 2.78. The Kier molecular flexibility index (Phi) is 5.64. The van der Waals surface area contributed by atoms with Crippen molar-refractivity contribution in [2.24, 2.45) is 0 Å². The molecule has 0 saturated carbocycles. The van der Waals surface area contributed by atoms with Crippen molar-refractivity contribution < 1.29 is 15.0 Å². The minimum absolute atomic E-state index is 0.0736. The molecular weight excluding hydrogens is 322 g/mol. The van der Waals surface area contributed by atoms with Gasteiger partial charge in [-0.15, -0.1) is 0 Å². The summed E-state index contributed by atoms with van der Waals surface area (Å²) in [5, 5.41) is 20.7. The van der Waals surface area contributed by atoms with Crippen molar-refractivity contribution >= 4 is 29.4 Å². The van der Waals surface area contributed by atoms with E-state index in [1.807, 2.05) is 0 Å². The van der Waals surface area contributed by atoms with E-state index >= 15 is 0 Å². The van der Waals surface area contributed by atoms with Crippen LogP contribution in [-0.4, -0.2) is 32.0 Å². The van der Waals surface area contributed by atoms with Crippen LogP contribution < -0.4 is 11.0 Å². The van der Waals surface area contributed by atoms with Gasteiger partial charge in [-0.2, -0.15) is 4.98 Å². The van der Waals surface area contributed by atoms with Crippen molar-refractivity contribution in [1.29, 1.82) is 0 Å². The van der Waals surface area contributed by atoms with Crippen LogP contribution in [0, 0.1) is 0 Å². The molecule has 0 atom stereocenters. The molecule has 8 heteroatoms. The molecule has 0 bridgehead atoms. The molecule has 0 fully saturated rings. The number of carbonyl (C=O) groups excluding carboxylic acids is 1. The Labute approximate surface area is 136 Å². The first-order chi connectivity index (χ1) is 10.9. The fourth-order valence-electron chi connectivity index (χ4n) is 1.73. The number of amides is 1. The zero-order valence-corrected chi connectivity index (χ0v) is 12.6. The Balaban J connectivity index is 2.01. The number of halogens is 1. The molecule has 7 nitrogen and oxygen atoms in total. The summed E-state index contributed by atoms with van der Waals surface area (Å²) in [5.41, 5.74) is 0.0995. The van der Waals surface area contributed by atoms with Gasteiger partial charge in [-0.3, -0.25) is 9.36 Å². The highest BCUT2D eigenvalue weighted by Gasteiger charge is 2.05. The highest BCUT2D eigenvalue weighted by molar-refractivity contribution is 6.30. The Morgan fingerprint density at radius 3 is 2.61 bits per heavy atom. The standard InChI is InChI=1S/C15H14ClN3O4/c16-11-4-1-10(2-5-11)3-6-13(20)17-12-7-8-19(9-14(21)22)15(23)18-12/h1-8,14,21-22H,9H2,(H,17,18,20,23)/b6-3+. The molecule has 0 aliphatic heterocycles. The number of hydrogen-bond donors (Lipinski definition) is 3. The zero-order valence-electron chi connectivity index (χ0n) is 11.9. The first-order valence-electron chi connectivity index (χ1n) is 6.62. The smallest absolute Gasteiger partial charge is 0.349 e. The van der Waals surface area contributed by atoms with E-state index in [1.165, 1.54) is 18.3 Å². The first kappa shape index (κ1) is 16.9. The van der Waals surface area contributed by atoms with Crippen LogP contribution in [0.1, 0.15) is 5.56 Å². The Bertz CT molecular complexity index is 769. The lowest BCUT2D eigenvalue weighted by atomic mass is 10.2. The fraction of sp³-hybridized carbons (Fsp3) is 0.133. The van der Waals surface area contributed by atoms with Gasteiger partial charge in [0.05, 0.1) is 6.54 Å². The zero-order chi connectivity index (χ0) is 16.8.